The molecule has 3 aromatic rings. The van der Waals surface area contributed by atoms with Crippen LogP contribution >= 0.6 is 0 Å². The van der Waals surface area contributed by atoms with Crippen molar-refractivity contribution in [1.29, 1.82) is 0 Å². The van der Waals surface area contributed by atoms with Crippen molar-refractivity contribution >= 4 is 5.69 Å². The van der Waals surface area contributed by atoms with E-state index in [9.17, 15) is 10.1 Å². The molecule has 0 fully saturated rings. The van der Waals surface area contributed by atoms with Gasteiger partial charge in [0.15, 0.2) is 0 Å². The van der Waals surface area contributed by atoms with Crippen molar-refractivity contribution in [3.8, 4) is 11.4 Å². The molecule has 2 aromatic carbocycles. The summed E-state index contributed by atoms with van der Waals surface area (Å²) in [6, 6.07) is 14.6. The van der Waals surface area contributed by atoms with Crippen molar-refractivity contribution in [2.45, 2.75) is 19.5 Å². The number of nitrogens with zero attached hydrogens (tertiary/aromatic N) is 4. The fourth-order valence-corrected chi connectivity index (χ4v) is 3.05. The molecule has 0 bridgehead atoms. The molecular formula is C18H16N4O3. The van der Waals surface area contributed by atoms with Crippen molar-refractivity contribution in [3.63, 3.8) is 0 Å². The molecule has 1 aromatic heterocycles. The Bertz CT molecular complexity index is 905. The summed E-state index contributed by atoms with van der Waals surface area (Å²) in [5.41, 5.74) is 3.48. The summed E-state index contributed by atoms with van der Waals surface area (Å²) in [7, 11) is 0. The summed E-state index contributed by atoms with van der Waals surface area (Å²) < 4.78 is 5.35. The number of nitro groups is 1. The number of fused-ring (bicyclic) bond motifs is 1. The van der Waals surface area contributed by atoms with Gasteiger partial charge in [-0.1, -0.05) is 29.4 Å². The largest absolute Gasteiger partial charge is 0.338 e. The zero-order valence-corrected chi connectivity index (χ0v) is 13.5. The Labute approximate surface area is 144 Å². The average molecular weight is 336 g/mol. The van der Waals surface area contributed by atoms with Gasteiger partial charge >= 0.3 is 0 Å². The highest BCUT2D eigenvalue weighted by Gasteiger charge is 2.19. The summed E-state index contributed by atoms with van der Waals surface area (Å²) in [6.07, 6.45) is 1.01. The smallest absolute Gasteiger partial charge is 0.269 e. The maximum atomic E-state index is 10.7. The zero-order valence-electron chi connectivity index (χ0n) is 13.5. The molecule has 7 nitrogen and oxygen atoms in total. The van der Waals surface area contributed by atoms with Crippen LogP contribution in [0.5, 0.6) is 0 Å². The van der Waals surface area contributed by atoms with Crippen molar-refractivity contribution < 1.29 is 9.45 Å². The molecule has 4 rings (SSSR count). The first-order chi connectivity index (χ1) is 12.2. The summed E-state index contributed by atoms with van der Waals surface area (Å²) in [5, 5.41) is 14.7. The molecule has 0 radical (unpaired) electrons. The Morgan fingerprint density at radius 2 is 1.88 bits per heavy atom. The van der Waals surface area contributed by atoms with E-state index in [1.807, 2.05) is 0 Å². The van der Waals surface area contributed by atoms with Gasteiger partial charge in [-0.2, -0.15) is 4.98 Å². The molecule has 0 unspecified atom stereocenters. The van der Waals surface area contributed by atoms with Crippen LogP contribution in [0.25, 0.3) is 11.4 Å². The molecule has 0 saturated carbocycles. The van der Waals surface area contributed by atoms with Gasteiger partial charge in [-0.05, 0) is 29.7 Å². The Morgan fingerprint density at radius 1 is 1.12 bits per heavy atom. The Balaban J connectivity index is 1.46. The number of non-ortho nitro benzene ring substituents is 1. The first-order valence-electron chi connectivity index (χ1n) is 8.05. The number of hydrogen-bond donors (Lipinski definition) is 0. The molecule has 7 heteroatoms. The second kappa shape index (κ2) is 6.45. The van der Waals surface area contributed by atoms with Gasteiger partial charge in [0.1, 0.15) is 0 Å². The minimum Gasteiger partial charge on any atom is -0.338 e. The second-order valence-electron chi connectivity index (χ2n) is 6.05. The van der Waals surface area contributed by atoms with Crippen LogP contribution in [0.1, 0.15) is 17.0 Å². The van der Waals surface area contributed by atoms with Gasteiger partial charge in [-0.25, -0.2) is 0 Å². The molecule has 1 aliphatic heterocycles. The van der Waals surface area contributed by atoms with Gasteiger partial charge in [0.05, 0.1) is 11.5 Å². The van der Waals surface area contributed by atoms with Crippen LogP contribution in [0.15, 0.2) is 53.1 Å². The van der Waals surface area contributed by atoms with Gasteiger partial charge < -0.3 is 4.52 Å². The van der Waals surface area contributed by atoms with Gasteiger partial charge in [-0.3, -0.25) is 15.0 Å². The molecule has 0 N–H and O–H groups in total. The lowest BCUT2D eigenvalue weighted by Gasteiger charge is -2.27. The van der Waals surface area contributed by atoms with Gasteiger partial charge in [0, 0.05) is 30.8 Å². The van der Waals surface area contributed by atoms with Crippen molar-refractivity contribution in [2.75, 3.05) is 6.54 Å². The van der Waals surface area contributed by atoms with E-state index in [1.54, 1.807) is 12.1 Å². The van der Waals surface area contributed by atoms with E-state index in [0.29, 0.717) is 23.8 Å². The number of rotatable bonds is 4. The lowest BCUT2D eigenvalue weighted by atomic mass is 10.00. The molecule has 0 amide bonds. The predicted molar refractivity (Wildman–Crippen MR) is 90.6 cm³/mol. The minimum absolute atomic E-state index is 0.0412. The highest BCUT2D eigenvalue weighted by molar-refractivity contribution is 5.56. The average Bonchev–Trinajstić information content (AvgIpc) is 3.10. The summed E-state index contributed by atoms with van der Waals surface area (Å²) in [5.74, 6) is 0.995. The Hall–Kier alpha value is -3.06. The van der Waals surface area contributed by atoms with E-state index in [-0.39, 0.29) is 5.69 Å². The van der Waals surface area contributed by atoms with Crippen LogP contribution in [-0.4, -0.2) is 26.5 Å². The van der Waals surface area contributed by atoms with Crippen LogP contribution in [-0.2, 0) is 19.5 Å². The maximum absolute atomic E-state index is 10.7. The van der Waals surface area contributed by atoms with E-state index in [2.05, 4.69) is 39.3 Å². The first-order valence-corrected chi connectivity index (χ1v) is 8.05. The SMILES string of the molecule is O=[N+]([O-])c1ccc(-c2noc(CN3CCc4ccccc4C3)n2)cc1. The summed E-state index contributed by atoms with van der Waals surface area (Å²) >= 11 is 0. The highest BCUT2D eigenvalue weighted by Crippen LogP contribution is 2.22. The second-order valence-corrected chi connectivity index (χ2v) is 6.05. The molecular weight excluding hydrogens is 320 g/mol. The molecule has 0 aliphatic carbocycles. The lowest BCUT2D eigenvalue weighted by Crippen LogP contribution is -2.30. The van der Waals surface area contributed by atoms with Crippen LogP contribution in [0.4, 0.5) is 5.69 Å². The maximum Gasteiger partial charge on any atom is 0.269 e. The minimum atomic E-state index is -0.431. The van der Waals surface area contributed by atoms with Crippen LogP contribution in [0, 0.1) is 10.1 Å². The van der Waals surface area contributed by atoms with E-state index in [0.717, 1.165) is 19.5 Å². The summed E-state index contributed by atoms with van der Waals surface area (Å²) in [6.45, 7) is 2.41. The van der Waals surface area contributed by atoms with E-state index in [4.69, 9.17) is 4.52 Å². The number of nitro benzene ring substituents is 1. The Kier molecular flexibility index (Phi) is 3.99. The van der Waals surface area contributed by atoms with Crippen molar-refractivity contribution in [3.05, 3.63) is 75.7 Å². The molecule has 126 valence electrons. The van der Waals surface area contributed by atoms with E-state index < -0.39 is 4.92 Å². The molecule has 2 heterocycles. The molecule has 0 atom stereocenters. The fourth-order valence-electron chi connectivity index (χ4n) is 3.05. The quantitative estimate of drug-likeness (QED) is 0.537. The third-order valence-corrected chi connectivity index (χ3v) is 4.37. The summed E-state index contributed by atoms with van der Waals surface area (Å²) in [4.78, 5) is 17.0. The monoisotopic (exact) mass is 336 g/mol. The van der Waals surface area contributed by atoms with Crippen molar-refractivity contribution in [2.24, 2.45) is 0 Å². The number of hydrogen-bond acceptors (Lipinski definition) is 6. The molecule has 1 aliphatic rings. The Morgan fingerprint density at radius 3 is 2.64 bits per heavy atom. The first kappa shape index (κ1) is 15.5. The zero-order chi connectivity index (χ0) is 17.2. The van der Waals surface area contributed by atoms with Crippen LogP contribution in [0.3, 0.4) is 0 Å². The standard InChI is InChI=1S/C18H16N4O3/c23-22(24)16-7-5-14(6-8-16)18-19-17(25-20-18)12-21-10-9-13-3-1-2-4-15(13)11-21/h1-8H,9-12H2. The molecule has 0 spiro atoms. The van der Waals surface area contributed by atoms with Crippen molar-refractivity contribution in [1.82, 2.24) is 15.0 Å². The van der Waals surface area contributed by atoms with E-state index in [1.165, 1.54) is 23.3 Å². The van der Waals surface area contributed by atoms with E-state index >= 15 is 0 Å². The fraction of sp³-hybridized carbons (Fsp3) is 0.222. The molecule has 25 heavy (non-hydrogen) atoms. The van der Waals surface area contributed by atoms with Gasteiger partial charge in [0.2, 0.25) is 11.7 Å². The number of benzene rings is 2. The van der Waals surface area contributed by atoms with Crippen LogP contribution in [0.2, 0.25) is 0 Å². The topological polar surface area (TPSA) is 85.3 Å². The lowest BCUT2D eigenvalue weighted by molar-refractivity contribution is -0.384. The number of aromatic nitrogens is 2. The third-order valence-electron chi connectivity index (χ3n) is 4.37. The molecule has 0 saturated heterocycles. The van der Waals surface area contributed by atoms with Gasteiger partial charge in [0.25, 0.3) is 5.69 Å². The highest BCUT2D eigenvalue weighted by atomic mass is 16.6. The third kappa shape index (κ3) is 3.27. The normalized spacial score (nSPS) is 14.2. The van der Waals surface area contributed by atoms with Gasteiger partial charge in [-0.15, -0.1) is 0 Å². The predicted octanol–water partition coefficient (Wildman–Crippen LogP) is 3.20. The van der Waals surface area contributed by atoms with Crippen LogP contribution < -0.4 is 0 Å².